The summed E-state index contributed by atoms with van der Waals surface area (Å²) in [5.74, 6) is 0.637. The molecule has 1 fully saturated rings. The lowest BCUT2D eigenvalue weighted by molar-refractivity contribution is 0.423. The molecule has 2 heterocycles. The Morgan fingerprint density at radius 1 is 1.53 bits per heavy atom. The normalized spacial score (nSPS) is 21.7. The van der Waals surface area contributed by atoms with Crippen LogP contribution in [0.15, 0.2) is 22.9 Å². The first-order valence-corrected chi connectivity index (χ1v) is 6.14. The Kier molecular flexibility index (Phi) is 3.59. The SMILES string of the molecule is NCC1CCCN(c2cncc(Br)c2)C1. The third kappa shape index (κ3) is 2.69. The van der Waals surface area contributed by atoms with Gasteiger partial charge in [0.25, 0.3) is 0 Å². The molecule has 1 aromatic heterocycles. The van der Waals surface area contributed by atoms with Crippen molar-refractivity contribution >= 4 is 21.6 Å². The zero-order valence-electron chi connectivity index (χ0n) is 8.69. The summed E-state index contributed by atoms with van der Waals surface area (Å²) in [7, 11) is 0. The first-order chi connectivity index (χ1) is 7.29. The second kappa shape index (κ2) is 4.94. The maximum absolute atomic E-state index is 5.72. The Balaban J connectivity index is 2.09. The highest BCUT2D eigenvalue weighted by Gasteiger charge is 2.18. The van der Waals surface area contributed by atoms with Gasteiger partial charge in [-0.15, -0.1) is 0 Å². The van der Waals surface area contributed by atoms with E-state index in [1.165, 1.54) is 18.5 Å². The molecule has 0 radical (unpaired) electrons. The van der Waals surface area contributed by atoms with Gasteiger partial charge >= 0.3 is 0 Å². The van der Waals surface area contributed by atoms with Gasteiger partial charge in [-0.05, 0) is 47.3 Å². The standard InChI is InChI=1S/C11H16BrN3/c12-10-4-11(7-14-6-10)15-3-1-2-9(5-13)8-15/h4,6-7,9H,1-3,5,8,13H2. The second-order valence-electron chi connectivity index (χ2n) is 4.05. The first-order valence-electron chi connectivity index (χ1n) is 5.35. The Hall–Kier alpha value is -0.610. The van der Waals surface area contributed by atoms with Gasteiger partial charge in [-0.1, -0.05) is 0 Å². The molecule has 0 aromatic carbocycles. The number of pyridine rings is 1. The minimum Gasteiger partial charge on any atom is -0.370 e. The summed E-state index contributed by atoms with van der Waals surface area (Å²) < 4.78 is 1.04. The van der Waals surface area contributed by atoms with E-state index in [4.69, 9.17) is 5.73 Å². The van der Waals surface area contributed by atoms with Crippen LogP contribution in [0.2, 0.25) is 0 Å². The Bertz CT molecular complexity index is 329. The maximum Gasteiger partial charge on any atom is 0.0564 e. The van der Waals surface area contributed by atoms with E-state index in [0.29, 0.717) is 5.92 Å². The molecule has 82 valence electrons. The Morgan fingerprint density at radius 2 is 2.40 bits per heavy atom. The zero-order valence-corrected chi connectivity index (χ0v) is 10.3. The molecule has 1 aliphatic heterocycles. The largest absolute Gasteiger partial charge is 0.370 e. The van der Waals surface area contributed by atoms with E-state index in [1.807, 2.05) is 12.4 Å². The Labute approximate surface area is 98.8 Å². The zero-order chi connectivity index (χ0) is 10.7. The molecule has 1 atom stereocenters. The number of anilines is 1. The second-order valence-corrected chi connectivity index (χ2v) is 4.97. The van der Waals surface area contributed by atoms with Crippen LogP contribution in [0.1, 0.15) is 12.8 Å². The van der Waals surface area contributed by atoms with Crippen LogP contribution in [0.25, 0.3) is 0 Å². The van der Waals surface area contributed by atoms with Gasteiger partial charge in [-0.3, -0.25) is 4.98 Å². The van der Waals surface area contributed by atoms with E-state index in [2.05, 4.69) is 31.9 Å². The number of piperidine rings is 1. The van der Waals surface area contributed by atoms with Gasteiger partial charge in [0.05, 0.1) is 11.9 Å². The van der Waals surface area contributed by atoms with Crippen molar-refractivity contribution in [1.29, 1.82) is 0 Å². The Morgan fingerprint density at radius 3 is 3.13 bits per heavy atom. The van der Waals surface area contributed by atoms with E-state index in [9.17, 15) is 0 Å². The van der Waals surface area contributed by atoms with Gasteiger partial charge in [-0.25, -0.2) is 0 Å². The molecule has 1 aliphatic rings. The third-order valence-electron chi connectivity index (χ3n) is 2.91. The van der Waals surface area contributed by atoms with E-state index in [1.54, 1.807) is 0 Å². The van der Waals surface area contributed by atoms with Crippen molar-refractivity contribution < 1.29 is 0 Å². The van der Waals surface area contributed by atoms with Gasteiger partial charge in [0.2, 0.25) is 0 Å². The number of aromatic nitrogens is 1. The van der Waals surface area contributed by atoms with Crippen LogP contribution in [-0.2, 0) is 0 Å². The highest BCUT2D eigenvalue weighted by atomic mass is 79.9. The molecule has 0 spiro atoms. The van der Waals surface area contributed by atoms with Crippen LogP contribution < -0.4 is 10.6 Å². The molecular weight excluding hydrogens is 254 g/mol. The summed E-state index contributed by atoms with van der Waals surface area (Å²) in [5, 5.41) is 0. The molecule has 0 saturated carbocycles. The number of halogens is 1. The molecule has 1 saturated heterocycles. The quantitative estimate of drug-likeness (QED) is 0.894. The minimum absolute atomic E-state index is 0.637. The van der Waals surface area contributed by atoms with Gasteiger partial charge < -0.3 is 10.6 Å². The van der Waals surface area contributed by atoms with Gasteiger partial charge in [-0.2, -0.15) is 0 Å². The minimum atomic E-state index is 0.637. The van der Waals surface area contributed by atoms with Crippen LogP contribution in [0, 0.1) is 5.92 Å². The number of rotatable bonds is 2. The van der Waals surface area contributed by atoms with Crippen LogP contribution in [0.3, 0.4) is 0 Å². The van der Waals surface area contributed by atoms with E-state index < -0.39 is 0 Å². The van der Waals surface area contributed by atoms with E-state index >= 15 is 0 Å². The summed E-state index contributed by atoms with van der Waals surface area (Å²) in [6, 6.07) is 2.12. The van der Waals surface area contributed by atoms with Crippen LogP contribution in [0.5, 0.6) is 0 Å². The van der Waals surface area contributed by atoms with Crippen molar-refractivity contribution in [2.75, 3.05) is 24.5 Å². The molecule has 2 N–H and O–H groups in total. The summed E-state index contributed by atoms with van der Waals surface area (Å²) >= 11 is 3.45. The molecule has 0 amide bonds. The summed E-state index contributed by atoms with van der Waals surface area (Å²) in [6.45, 7) is 2.97. The number of nitrogens with zero attached hydrogens (tertiary/aromatic N) is 2. The number of nitrogens with two attached hydrogens (primary N) is 1. The van der Waals surface area contributed by atoms with E-state index in [-0.39, 0.29) is 0 Å². The fourth-order valence-electron chi connectivity index (χ4n) is 2.07. The highest BCUT2D eigenvalue weighted by Crippen LogP contribution is 2.24. The maximum atomic E-state index is 5.72. The summed E-state index contributed by atoms with van der Waals surface area (Å²) in [4.78, 5) is 6.56. The third-order valence-corrected chi connectivity index (χ3v) is 3.34. The molecule has 15 heavy (non-hydrogen) atoms. The smallest absolute Gasteiger partial charge is 0.0564 e. The first kappa shape index (κ1) is 10.9. The lowest BCUT2D eigenvalue weighted by atomic mass is 9.98. The van der Waals surface area contributed by atoms with Crippen molar-refractivity contribution in [1.82, 2.24) is 4.98 Å². The monoisotopic (exact) mass is 269 g/mol. The average molecular weight is 270 g/mol. The predicted octanol–water partition coefficient (Wildman–Crippen LogP) is 2.02. The lowest BCUT2D eigenvalue weighted by Gasteiger charge is -2.33. The van der Waals surface area contributed by atoms with Crippen molar-refractivity contribution in [3.8, 4) is 0 Å². The lowest BCUT2D eigenvalue weighted by Crippen LogP contribution is -2.38. The average Bonchev–Trinajstić information content (AvgIpc) is 2.29. The molecule has 1 unspecified atom stereocenters. The summed E-state index contributed by atoms with van der Waals surface area (Å²) in [6.07, 6.45) is 6.22. The van der Waals surface area contributed by atoms with Crippen LogP contribution >= 0.6 is 15.9 Å². The molecule has 2 rings (SSSR count). The van der Waals surface area contributed by atoms with Crippen molar-refractivity contribution in [3.63, 3.8) is 0 Å². The van der Waals surface area contributed by atoms with Crippen LogP contribution in [-0.4, -0.2) is 24.6 Å². The van der Waals surface area contributed by atoms with Crippen molar-refractivity contribution in [3.05, 3.63) is 22.9 Å². The van der Waals surface area contributed by atoms with Gasteiger partial charge in [0.1, 0.15) is 0 Å². The molecule has 4 heteroatoms. The van der Waals surface area contributed by atoms with E-state index in [0.717, 1.165) is 24.1 Å². The molecule has 3 nitrogen and oxygen atoms in total. The molecule has 0 bridgehead atoms. The fraction of sp³-hybridized carbons (Fsp3) is 0.545. The van der Waals surface area contributed by atoms with Crippen molar-refractivity contribution in [2.24, 2.45) is 11.7 Å². The number of hydrogen-bond acceptors (Lipinski definition) is 3. The topological polar surface area (TPSA) is 42.1 Å². The van der Waals surface area contributed by atoms with Crippen LogP contribution in [0.4, 0.5) is 5.69 Å². The summed E-state index contributed by atoms with van der Waals surface area (Å²) in [5.41, 5.74) is 6.92. The molecule has 1 aromatic rings. The predicted molar refractivity (Wildman–Crippen MR) is 65.9 cm³/mol. The van der Waals surface area contributed by atoms with Gasteiger partial charge in [0.15, 0.2) is 0 Å². The number of hydrogen-bond donors (Lipinski definition) is 1. The highest BCUT2D eigenvalue weighted by molar-refractivity contribution is 9.10. The fourth-order valence-corrected chi connectivity index (χ4v) is 2.42. The molecular formula is C11H16BrN3. The van der Waals surface area contributed by atoms with Gasteiger partial charge in [0, 0.05) is 23.8 Å². The molecule has 0 aliphatic carbocycles. The van der Waals surface area contributed by atoms with Crippen molar-refractivity contribution in [2.45, 2.75) is 12.8 Å².